The van der Waals surface area contributed by atoms with Gasteiger partial charge in [0.1, 0.15) is 11.6 Å². The highest BCUT2D eigenvalue weighted by Crippen LogP contribution is 2.15. The predicted molar refractivity (Wildman–Crippen MR) is 105 cm³/mol. The van der Waals surface area contributed by atoms with Crippen LogP contribution < -0.4 is 4.74 Å². The van der Waals surface area contributed by atoms with E-state index in [0.29, 0.717) is 39.0 Å². The van der Waals surface area contributed by atoms with Crippen molar-refractivity contribution in [1.82, 2.24) is 9.80 Å². The third kappa shape index (κ3) is 5.31. The molecule has 0 saturated carbocycles. The monoisotopic (exact) mass is 384 g/mol. The van der Waals surface area contributed by atoms with Crippen LogP contribution in [0.1, 0.15) is 17.5 Å². The number of carbonyl (C=O) groups excluding carboxylic acids is 2. The SMILES string of the molecule is COc1cccc(CCC(=O)N2CCN(C(=O)Cc3ccc(F)cc3)CC2)c1. The van der Waals surface area contributed by atoms with Crippen molar-refractivity contribution < 1.29 is 18.7 Å². The molecule has 3 rings (SSSR count). The van der Waals surface area contributed by atoms with E-state index in [1.54, 1.807) is 24.1 Å². The Labute approximate surface area is 164 Å². The Kier molecular flexibility index (Phi) is 6.63. The van der Waals surface area contributed by atoms with Crippen LogP contribution in [0.2, 0.25) is 0 Å². The van der Waals surface area contributed by atoms with E-state index in [0.717, 1.165) is 16.9 Å². The number of hydrogen-bond acceptors (Lipinski definition) is 3. The third-order valence-corrected chi connectivity index (χ3v) is 5.02. The number of aryl methyl sites for hydroxylation is 1. The second kappa shape index (κ2) is 9.35. The first-order valence-corrected chi connectivity index (χ1v) is 9.48. The van der Waals surface area contributed by atoms with Gasteiger partial charge < -0.3 is 14.5 Å². The molecular formula is C22H25FN2O3. The summed E-state index contributed by atoms with van der Waals surface area (Å²) in [6.07, 6.45) is 1.36. The Morgan fingerprint density at radius 3 is 2.21 bits per heavy atom. The molecule has 1 aliphatic rings. The number of hydrogen-bond donors (Lipinski definition) is 0. The topological polar surface area (TPSA) is 49.9 Å². The van der Waals surface area contributed by atoms with Gasteiger partial charge in [0.15, 0.2) is 0 Å². The molecule has 0 N–H and O–H groups in total. The second-order valence-corrected chi connectivity index (χ2v) is 6.92. The van der Waals surface area contributed by atoms with Crippen molar-refractivity contribution in [3.8, 4) is 5.75 Å². The van der Waals surface area contributed by atoms with E-state index in [4.69, 9.17) is 4.74 Å². The van der Waals surface area contributed by atoms with Crippen LogP contribution in [-0.4, -0.2) is 54.9 Å². The van der Waals surface area contributed by atoms with Gasteiger partial charge in [0.25, 0.3) is 0 Å². The molecule has 0 bridgehead atoms. The fourth-order valence-corrected chi connectivity index (χ4v) is 3.33. The van der Waals surface area contributed by atoms with Crippen LogP contribution in [0.4, 0.5) is 4.39 Å². The Hall–Kier alpha value is -2.89. The molecule has 28 heavy (non-hydrogen) atoms. The highest BCUT2D eigenvalue weighted by Gasteiger charge is 2.23. The molecule has 148 valence electrons. The van der Waals surface area contributed by atoms with Crippen molar-refractivity contribution in [1.29, 1.82) is 0 Å². The molecule has 0 spiro atoms. The lowest BCUT2D eigenvalue weighted by Crippen LogP contribution is -2.51. The van der Waals surface area contributed by atoms with Gasteiger partial charge in [-0.3, -0.25) is 9.59 Å². The standard InChI is InChI=1S/C22H25FN2O3/c1-28-20-4-2-3-17(15-20)7-10-21(26)24-11-13-25(14-12-24)22(27)16-18-5-8-19(23)9-6-18/h2-6,8-9,15H,7,10-14,16H2,1H3. The molecule has 0 aromatic heterocycles. The minimum Gasteiger partial charge on any atom is -0.497 e. The van der Waals surface area contributed by atoms with Gasteiger partial charge in [-0.25, -0.2) is 4.39 Å². The molecule has 1 saturated heterocycles. The van der Waals surface area contributed by atoms with E-state index < -0.39 is 0 Å². The van der Waals surface area contributed by atoms with Crippen molar-refractivity contribution in [2.24, 2.45) is 0 Å². The summed E-state index contributed by atoms with van der Waals surface area (Å²) in [4.78, 5) is 28.5. The van der Waals surface area contributed by atoms with Crippen LogP contribution in [-0.2, 0) is 22.4 Å². The minimum atomic E-state index is -0.308. The number of halogens is 1. The van der Waals surface area contributed by atoms with E-state index in [1.165, 1.54) is 12.1 Å². The van der Waals surface area contributed by atoms with Gasteiger partial charge >= 0.3 is 0 Å². The lowest BCUT2D eigenvalue weighted by molar-refractivity contribution is -0.139. The molecular weight excluding hydrogens is 359 g/mol. The molecule has 1 heterocycles. The predicted octanol–water partition coefficient (Wildman–Crippen LogP) is 2.68. The molecule has 2 amide bonds. The van der Waals surface area contributed by atoms with E-state index in [9.17, 15) is 14.0 Å². The van der Waals surface area contributed by atoms with Crippen LogP contribution in [0.25, 0.3) is 0 Å². The summed E-state index contributed by atoms with van der Waals surface area (Å²) in [6.45, 7) is 2.16. The van der Waals surface area contributed by atoms with Gasteiger partial charge in [-0.1, -0.05) is 24.3 Å². The summed E-state index contributed by atoms with van der Waals surface area (Å²) >= 11 is 0. The summed E-state index contributed by atoms with van der Waals surface area (Å²) in [5.74, 6) is 0.596. The number of amides is 2. The largest absolute Gasteiger partial charge is 0.497 e. The van der Waals surface area contributed by atoms with Crippen LogP contribution in [0, 0.1) is 5.82 Å². The smallest absolute Gasteiger partial charge is 0.227 e. The number of carbonyl (C=O) groups is 2. The molecule has 1 aliphatic heterocycles. The van der Waals surface area contributed by atoms with Crippen LogP contribution in [0.15, 0.2) is 48.5 Å². The van der Waals surface area contributed by atoms with Crippen molar-refractivity contribution in [2.45, 2.75) is 19.3 Å². The van der Waals surface area contributed by atoms with Gasteiger partial charge in [0, 0.05) is 32.6 Å². The number of nitrogens with zero attached hydrogens (tertiary/aromatic N) is 2. The maximum absolute atomic E-state index is 13.0. The summed E-state index contributed by atoms with van der Waals surface area (Å²) in [5.41, 5.74) is 1.86. The van der Waals surface area contributed by atoms with E-state index in [-0.39, 0.29) is 24.1 Å². The average Bonchev–Trinajstić information content (AvgIpc) is 2.74. The lowest BCUT2D eigenvalue weighted by Gasteiger charge is -2.35. The number of piperazine rings is 1. The minimum absolute atomic E-state index is 0.00934. The second-order valence-electron chi connectivity index (χ2n) is 6.92. The van der Waals surface area contributed by atoms with Crippen molar-refractivity contribution in [3.05, 3.63) is 65.5 Å². The normalized spacial score (nSPS) is 14.1. The summed E-state index contributed by atoms with van der Waals surface area (Å²) < 4.78 is 18.2. The molecule has 2 aromatic carbocycles. The molecule has 0 atom stereocenters. The highest BCUT2D eigenvalue weighted by atomic mass is 19.1. The van der Waals surface area contributed by atoms with Crippen LogP contribution >= 0.6 is 0 Å². The van der Waals surface area contributed by atoms with E-state index in [1.807, 2.05) is 29.2 Å². The lowest BCUT2D eigenvalue weighted by atomic mass is 10.1. The van der Waals surface area contributed by atoms with E-state index in [2.05, 4.69) is 0 Å². The van der Waals surface area contributed by atoms with Crippen molar-refractivity contribution in [3.63, 3.8) is 0 Å². The van der Waals surface area contributed by atoms with Gasteiger partial charge in [-0.15, -0.1) is 0 Å². The van der Waals surface area contributed by atoms with E-state index >= 15 is 0 Å². The van der Waals surface area contributed by atoms with Crippen LogP contribution in [0.3, 0.4) is 0 Å². The molecule has 2 aromatic rings. The van der Waals surface area contributed by atoms with Gasteiger partial charge in [0.05, 0.1) is 13.5 Å². The van der Waals surface area contributed by atoms with Gasteiger partial charge in [-0.05, 0) is 41.8 Å². The summed E-state index contributed by atoms with van der Waals surface area (Å²) in [5, 5.41) is 0. The van der Waals surface area contributed by atoms with Crippen molar-refractivity contribution >= 4 is 11.8 Å². The number of ether oxygens (including phenoxy) is 1. The van der Waals surface area contributed by atoms with Crippen LogP contribution in [0.5, 0.6) is 5.75 Å². The maximum atomic E-state index is 13.0. The average molecular weight is 384 g/mol. The molecule has 1 fully saturated rings. The Morgan fingerprint density at radius 2 is 1.57 bits per heavy atom. The molecule has 0 radical (unpaired) electrons. The maximum Gasteiger partial charge on any atom is 0.227 e. The molecule has 6 heteroatoms. The Morgan fingerprint density at radius 1 is 0.929 bits per heavy atom. The van der Waals surface area contributed by atoms with Gasteiger partial charge in [-0.2, -0.15) is 0 Å². The number of rotatable bonds is 6. The zero-order valence-electron chi connectivity index (χ0n) is 16.1. The Bertz CT molecular complexity index is 815. The molecule has 0 aliphatic carbocycles. The zero-order valence-corrected chi connectivity index (χ0v) is 16.1. The first kappa shape index (κ1) is 19.9. The zero-order chi connectivity index (χ0) is 19.9. The van der Waals surface area contributed by atoms with Gasteiger partial charge in [0.2, 0.25) is 11.8 Å². The fraction of sp³-hybridized carbons (Fsp3) is 0.364. The van der Waals surface area contributed by atoms with Crippen molar-refractivity contribution in [2.75, 3.05) is 33.3 Å². The number of methoxy groups -OCH3 is 1. The first-order valence-electron chi connectivity index (χ1n) is 9.48. The summed E-state index contributed by atoms with van der Waals surface area (Å²) in [7, 11) is 1.63. The highest BCUT2D eigenvalue weighted by molar-refractivity contribution is 5.80. The molecule has 5 nitrogen and oxygen atoms in total. The number of benzene rings is 2. The molecule has 0 unspecified atom stereocenters. The first-order chi connectivity index (χ1) is 13.5. The quantitative estimate of drug-likeness (QED) is 0.769. The summed E-state index contributed by atoms with van der Waals surface area (Å²) in [6, 6.07) is 13.7. The Balaban J connectivity index is 1.44. The fourth-order valence-electron chi connectivity index (χ4n) is 3.33. The third-order valence-electron chi connectivity index (χ3n) is 5.02.